The molecule has 0 spiro atoms. The van der Waals surface area contributed by atoms with Gasteiger partial charge in [-0.25, -0.2) is 18.4 Å². The average molecular weight is 324 g/mol. The molecular weight excluding hydrogens is 300 g/mol. The van der Waals surface area contributed by atoms with Gasteiger partial charge < -0.3 is 10.2 Å². The van der Waals surface area contributed by atoms with Gasteiger partial charge in [-0.1, -0.05) is 12.8 Å². The van der Waals surface area contributed by atoms with Crippen molar-refractivity contribution in [3.8, 4) is 0 Å². The minimum Gasteiger partial charge on any atom is -0.367 e. The largest absolute Gasteiger partial charge is 0.367 e. The zero-order valence-corrected chi connectivity index (χ0v) is 14.1. The number of aryl methyl sites for hydroxylation is 1. The van der Waals surface area contributed by atoms with Gasteiger partial charge in [0.05, 0.1) is 11.5 Å². The maximum atomic E-state index is 11.7. The van der Waals surface area contributed by atoms with Crippen LogP contribution in [0.1, 0.15) is 37.9 Å². The highest BCUT2D eigenvalue weighted by Crippen LogP contribution is 2.25. The molecule has 0 radical (unpaired) electrons. The highest BCUT2D eigenvalue weighted by atomic mass is 32.2. The summed E-state index contributed by atoms with van der Waals surface area (Å²) in [5.74, 6) is 2.86. The minimum atomic E-state index is -2.89. The molecule has 3 rings (SSSR count). The Morgan fingerprint density at radius 3 is 2.59 bits per heavy atom. The lowest BCUT2D eigenvalue weighted by atomic mass is 10.2. The molecule has 1 atom stereocenters. The fraction of sp³-hybridized carbons (Fsp3) is 0.733. The molecule has 0 aromatic carbocycles. The van der Waals surface area contributed by atoms with E-state index in [4.69, 9.17) is 0 Å². The first-order valence-electron chi connectivity index (χ1n) is 7.98. The van der Waals surface area contributed by atoms with E-state index in [1.165, 1.54) is 25.7 Å². The lowest BCUT2D eigenvalue weighted by Crippen LogP contribution is -2.33. The normalized spacial score (nSPS) is 24.5. The van der Waals surface area contributed by atoms with E-state index in [-0.39, 0.29) is 17.5 Å². The van der Waals surface area contributed by atoms with Crippen molar-refractivity contribution in [1.29, 1.82) is 0 Å². The molecular formula is C15H24N4O2S. The molecule has 22 heavy (non-hydrogen) atoms. The molecule has 1 saturated carbocycles. The number of aromatic nitrogens is 2. The van der Waals surface area contributed by atoms with E-state index in [0.29, 0.717) is 18.3 Å². The number of rotatable bonds is 4. The van der Waals surface area contributed by atoms with E-state index in [1.54, 1.807) is 0 Å². The molecule has 2 aliphatic rings. The summed E-state index contributed by atoms with van der Waals surface area (Å²) in [6, 6.07) is 2.45. The van der Waals surface area contributed by atoms with E-state index >= 15 is 0 Å². The molecule has 1 aliphatic carbocycles. The second-order valence-electron chi connectivity index (χ2n) is 6.45. The van der Waals surface area contributed by atoms with Gasteiger partial charge in [-0.15, -0.1) is 0 Å². The molecule has 1 aliphatic heterocycles. The predicted octanol–water partition coefficient (Wildman–Crippen LogP) is 1.76. The molecule has 1 aromatic rings. The van der Waals surface area contributed by atoms with Crippen LogP contribution in [0.5, 0.6) is 0 Å². The van der Waals surface area contributed by atoms with Crippen LogP contribution in [0.25, 0.3) is 0 Å². The number of sulfone groups is 1. The van der Waals surface area contributed by atoms with Gasteiger partial charge in [-0.2, -0.15) is 0 Å². The second kappa shape index (κ2) is 6.02. The van der Waals surface area contributed by atoms with Crippen molar-refractivity contribution in [2.24, 2.45) is 0 Å². The Morgan fingerprint density at radius 1 is 1.23 bits per heavy atom. The van der Waals surface area contributed by atoms with Gasteiger partial charge in [-0.3, -0.25) is 0 Å². The van der Waals surface area contributed by atoms with Gasteiger partial charge in [0.15, 0.2) is 9.84 Å². The molecule has 1 N–H and O–H groups in total. The molecule has 1 aromatic heterocycles. The fourth-order valence-corrected chi connectivity index (χ4v) is 5.13. The van der Waals surface area contributed by atoms with E-state index in [1.807, 2.05) is 24.9 Å². The van der Waals surface area contributed by atoms with E-state index in [9.17, 15) is 8.42 Å². The smallest absolute Gasteiger partial charge is 0.152 e. The third-order valence-electron chi connectivity index (χ3n) is 4.65. The van der Waals surface area contributed by atoms with Crippen molar-refractivity contribution in [2.45, 2.75) is 51.1 Å². The van der Waals surface area contributed by atoms with Crippen molar-refractivity contribution in [3.05, 3.63) is 11.9 Å². The van der Waals surface area contributed by atoms with Crippen LogP contribution in [0.15, 0.2) is 6.07 Å². The van der Waals surface area contributed by atoms with Gasteiger partial charge in [0.1, 0.15) is 17.5 Å². The maximum Gasteiger partial charge on any atom is 0.152 e. The Morgan fingerprint density at radius 2 is 1.95 bits per heavy atom. The van der Waals surface area contributed by atoms with Crippen molar-refractivity contribution in [1.82, 2.24) is 9.97 Å². The Hall–Kier alpha value is -1.37. The second-order valence-corrected chi connectivity index (χ2v) is 8.68. The predicted molar refractivity (Wildman–Crippen MR) is 88.1 cm³/mol. The SMILES string of the molecule is Cc1nc(NC2CCCC2)cc(N(C)C2CCS(=O)(=O)C2)n1. The van der Waals surface area contributed by atoms with E-state index in [0.717, 1.165) is 11.6 Å². The third kappa shape index (κ3) is 3.51. The topological polar surface area (TPSA) is 75.2 Å². The minimum absolute atomic E-state index is 0.0126. The molecule has 2 heterocycles. The molecule has 2 fully saturated rings. The summed E-state index contributed by atoms with van der Waals surface area (Å²) in [5.41, 5.74) is 0. The fourth-order valence-electron chi connectivity index (χ4n) is 3.35. The number of nitrogens with one attached hydrogen (secondary N) is 1. The summed E-state index contributed by atoms with van der Waals surface area (Å²) in [4.78, 5) is 10.9. The van der Waals surface area contributed by atoms with Crippen LogP contribution in [0, 0.1) is 6.92 Å². The van der Waals surface area contributed by atoms with Gasteiger partial charge in [0.2, 0.25) is 0 Å². The number of hydrogen-bond donors (Lipinski definition) is 1. The lowest BCUT2D eigenvalue weighted by Gasteiger charge is -2.25. The first kappa shape index (κ1) is 15.5. The number of anilines is 2. The maximum absolute atomic E-state index is 11.7. The quantitative estimate of drug-likeness (QED) is 0.909. The van der Waals surface area contributed by atoms with Crippen LogP contribution in [-0.2, 0) is 9.84 Å². The lowest BCUT2D eigenvalue weighted by molar-refractivity contribution is 0.600. The van der Waals surface area contributed by atoms with Gasteiger partial charge >= 0.3 is 0 Å². The zero-order valence-electron chi connectivity index (χ0n) is 13.2. The van der Waals surface area contributed by atoms with Gasteiger partial charge in [0, 0.05) is 25.2 Å². The highest BCUT2D eigenvalue weighted by molar-refractivity contribution is 7.91. The molecule has 1 unspecified atom stereocenters. The Bertz CT molecular complexity index is 641. The van der Waals surface area contributed by atoms with Crippen molar-refractivity contribution >= 4 is 21.5 Å². The van der Waals surface area contributed by atoms with Crippen LogP contribution >= 0.6 is 0 Å². The van der Waals surface area contributed by atoms with Gasteiger partial charge in [0.25, 0.3) is 0 Å². The third-order valence-corrected chi connectivity index (χ3v) is 6.40. The van der Waals surface area contributed by atoms with Crippen LogP contribution in [0.4, 0.5) is 11.6 Å². The van der Waals surface area contributed by atoms with Gasteiger partial charge in [-0.05, 0) is 26.2 Å². The van der Waals surface area contributed by atoms with Crippen LogP contribution < -0.4 is 10.2 Å². The first-order chi connectivity index (χ1) is 10.4. The van der Waals surface area contributed by atoms with Crippen LogP contribution in [0.3, 0.4) is 0 Å². The highest BCUT2D eigenvalue weighted by Gasteiger charge is 2.31. The molecule has 0 amide bonds. The summed E-state index contributed by atoms with van der Waals surface area (Å²) in [7, 11) is -0.965. The van der Waals surface area contributed by atoms with Crippen molar-refractivity contribution < 1.29 is 8.42 Å². The van der Waals surface area contributed by atoms with Crippen LogP contribution in [0.2, 0.25) is 0 Å². The summed E-state index contributed by atoms with van der Waals surface area (Å²) >= 11 is 0. The molecule has 122 valence electrons. The Labute approximate surface area is 132 Å². The number of nitrogens with zero attached hydrogens (tertiary/aromatic N) is 3. The number of hydrogen-bond acceptors (Lipinski definition) is 6. The summed E-state index contributed by atoms with van der Waals surface area (Å²) in [6.07, 6.45) is 5.60. The van der Waals surface area contributed by atoms with Crippen molar-refractivity contribution in [2.75, 3.05) is 28.8 Å². The zero-order chi connectivity index (χ0) is 15.7. The molecule has 6 nitrogen and oxygen atoms in total. The Kier molecular flexibility index (Phi) is 4.25. The summed E-state index contributed by atoms with van der Waals surface area (Å²) in [6.45, 7) is 1.88. The van der Waals surface area contributed by atoms with E-state index < -0.39 is 9.84 Å². The monoisotopic (exact) mass is 324 g/mol. The van der Waals surface area contributed by atoms with E-state index in [2.05, 4.69) is 15.3 Å². The summed E-state index contributed by atoms with van der Waals surface area (Å²) < 4.78 is 23.3. The molecule has 0 bridgehead atoms. The Balaban J connectivity index is 1.76. The molecule has 7 heteroatoms. The average Bonchev–Trinajstić information content (AvgIpc) is 3.06. The van der Waals surface area contributed by atoms with Crippen molar-refractivity contribution in [3.63, 3.8) is 0 Å². The standard InChI is InChI=1S/C15H24N4O2S/c1-11-16-14(18-12-5-3-4-6-12)9-15(17-11)19(2)13-7-8-22(20,21)10-13/h9,12-13H,3-8,10H2,1-2H3,(H,16,17,18). The molecule has 1 saturated heterocycles. The van der Waals surface area contributed by atoms with Crippen LogP contribution in [-0.4, -0.2) is 49.0 Å². The first-order valence-corrected chi connectivity index (χ1v) is 9.80. The summed E-state index contributed by atoms with van der Waals surface area (Å²) in [5, 5.41) is 3.49.